The third kappa shape index (κ3) is 2.86. The number of hydrogen-bond acceptors (Lipinski definition) is 4. The second-order valence-corrected chi connectivity index (χ2v) is 5.29. The highest BCUT2D eigenvalue weighted by atomic mass is 32.2. The first-order valence-corrected chi connectivity index (χ1v) is 6.64. The molecule has 2 atom stereocenters. The molecule has 0 aromatic heterocycles. The maximum Gasteiger partial charge on any atom is 0.0632 e. The predicted octanol–water partition coefficient (Wildman–Crippen LogP) is 0.412. The van der Waals surface area contributed by atoms with Gasteiger partial charge >= 0.3 is 0 Å². The fourth-order valence-corrected chi connectivity index (χ4v) is 3.13. The smallest absolute Gasteiger partial charge is 0.0632 e. The Morgan fingerprint density at radius 3 is 3.21 bits per heavy atom. The van der Waals surface area contributed by atoms with E-state index in [1.807, 2.05) is 0 Å². The van der Waals surface area contributed by atoms with Crippen molar-refractivity contribution in [2.24, 2.45) is 0 Å². The molecule has 2 aliphatic rings. The molecule has 0 saturated carbocycles. The van der Waals surface area contributed by atoms with Crippen LogP contribution in [0, 0.1) is 0 Å². The molecule has 1 N–H and O–H groups in total. The molecule has 2 saturated heterocycles. The zero-order valence-corrected chi connectivity index (χ0v) is 9.68. The standard InChI is InChI=1S/C10H20N2OS/c1-9-8-14-5-3-12(9)6-10-7-13-4-2-11-10/h9-11H,2-8H2,1H3. The Morgan fingerprint density at radius 2 is 2.50 bits per heavy atom. The molecule has 14 heavy (non-hydrogen) atoms. The van der Waals surface area contributed by atoms with Gasteiger partial charge in [0.2, 0.25) is 0 Å². The van der Waals surface area contributed by atoms with Crippen molar-refractivity contribution in [2.75, 3.05) is 44.4 Å². The molecule has 3 nitrogen and oxygen atoms in total. The van der Waals surface area contributed by atoms with E-state index < -0.39 is 0 Å². The van der Waals surface area contributed by atoms with E-state index in [9.17, 15) is 0 Å². The summed E-state index contributed by atoms with van der Waals surface area (Å²) in [5, 5.41) is 3.51. The average molecular weight is 216 g/mol. The van der Waals surface area contributed by atoms with Crippen molar-refractivity contribution in [2.45, 2.75) is 19.0 Å². The van der Waals surface area contributed by atoms with Gasteiger partial charge in [-0.05, 0) is 6.92 Å². The normalized spacial score (nSPS) is 35.8. The van der Waals surface area contributed by atoms with Crippen LogP contribution >= 0.6 is 11.8 Å². The number of rotatable bonds is 2. The van der Waals surface area contributed by atoms with Gasteiger partial charge in [-0.1, -0.05) is 0 Å². The van der Waals surface area contributed by atoms with Crippen LogP contribution in [0.3, 0.4) is 0 Å². The minimum absolute atomic E-state index is 0.550. The maximum atomic E-state index is 5.46. The Balaban J connectivity index is 1.76. The molecule has 82 valence electrons. The fourth-order valence-electron chi connectivity index (χ4n) is 2.05. The van der Waals surface area contributed by atoms with Crippen LogP contribution < -0.4 is 5.32 Å². The molecule has 0 aromatic carbocycles. The second-order valence-electron chi connectivity index (χ2n) is 4.14. The first-order chi connectivity index (χ1) is 6.86. The molecule has 2 heterocycles. The monoisotopic (exact) mass is 216 g/mol. The summed E-state index contributed by atoms with van der Waals surface area (Å²) in [6.45, 7) is 7.50. The minimum Gasteiger partial charge on any atom is -0.378 e. The molecule has 0 radical (unpaired) electrons. The van der Waals surface area contributed by atoms with E-state index in [0.29, 0.717) is 6.04 Å². The second kappa shape index (κ2) is 5.35. The number of ether oxygens (including phenoxy) is 1. The Labute approximate surface area is 90.6 Å². The van der Waals surface area contributed by atoms with Crippen molar-refractivity contribution >= 4 is 11.8 Å². The molecule has 2 rings (SSSR count). The van der Waals surface area contributed by atoms with Crippen LogP contribution in [0.1, 0.15) is 6.92 Å². The van der Waals surface area contributed by atoms with Crippen molar-refractivity contribution < 1.29 is 4.74 Å². The summed E-state index contributed by atoms with van der Waals surface area (Å²) in [7, 11) is 0. The van der Waals surface area contributed by atoms with Crippen LogP contribution in [-0.4, -0.2) is 61.3 Å². The molecule has 0 aliphatic carbocycles. The summed E-state index contributed by atoms with van der Waals surface area (Å²) in [4.78, 5) is 2.59. The molecule has 4 heteroatoms. The van der Waals surface area contributed by atoms with Gasteiger partial charge in [0.05, 0.1) is 13.2 Å². The number of thioether (sulfide) groups is 1. The van der Waals surface area contributed by atoms with Crippen molar-refractivity contribution in [1.29, 1.82) is 0 Å². The van der Waals surface area contributed by atoms with Gasteiger partial charge in [-0.15, -0.1) is 0 Å². The fraction of sp³-hybridized carbons (Fsp3) is 1.00. The summed E-state index contributed by atoms with van der Waals surface area (Å²) in [6, 6.07) is 1.28. The van der Waals surface area contributed by atoms with Gasteiger partial charge < -0.3 is 10.1 Å². The van der Waals surface area contributed by atoms with Gasteiger partial charge in [-0.3, -0.25) is 4.90 Å². The highest BCUT2D eigenvalue weighted by molar-refractivity contribution is 7.99. The molecular weight excluding hydrogens is 196 g/mol. The highest BCUT2D eigenvalue weighted by Crippen LogP contribution is 2.16. The SMILES string of the molecule is CC1CSCCN1CC1COCCN1. The zero-order valence-electron chi connectivity index (χ0n) is 8.87. The summed E-state index contributed by atoms with van der Waals surface area (Å²) in [6.07, 6.45) is 0. The highest BCUT2D eigenvalue weighted by Gasteiger charge is 2.22. The Morgan fingerprint density at radius 1 is 1.57 bits per heavy atom. The van der Waals surface area contributed by atoms with Crippen LogP contribution in [0.25, 0.3) is 0 Å². The summed E-state index contributed by atoms with van der Waals surface area (Å²) in [5.74, 6) is 2.57. The van der Waals surface area contributed by atoms with Gasteiger partial charge in [0, 0.05) is 43.2 Å². The van der Waals surface area contributed by atoms with Crippen molar-refractivity contribution in [3.8, 4) is 0 Å². The summed E-state index contributed by atoms with van der Waals surface area (Å²) in [5.41, 5.74) is 0. The molecule has 0 amide bonds. The van der Waals surface area contributed by atoms with Crippen LogP contribution in [0.5, 0.6) is 0 Å². The lowest BCUT2D eigenvalue weighted by atomic mass is 10.2. The Hall–Kier alpha value is 0.230. The quantitative estimate of drug-likeness (QED) is 0.723. The van der Waals surface area contributed by atoms with E-state index in [2.05, 4.69) is 28.9 Å². The van der Waals surface area contributed by atoms with Crippen LogP contribution in [0.15, 0.2) is 0 Å². The predicted molar refractivity (Wildman–Crippen MR) is 61.0 cm³/mol. The summed E-state index contributed by atoms with van der Waals surface area (Å²) >= 11 is 2.08. The molecular formula is C10H20N2OS. The maximum absolute atomic E-state index is 5.46. The topological polar surface area (TPSA) is 24.5 Å². The van der Waals surface area contributed by atoms with E-state index >= 15 is 0 Å². The van der Waals surface area contributed by atoms with E-state index in [-0.39, 0.29) is 0 Å². The van der Waals surface area contributed by atoms with Crippen molar-refractivity contribution in [3.05, 3.63) is 0 Å². The van der Waals surface area contributed by atoms with E-state index in [1.54, 1.807) is 0 Å². The van der Waals surface area contributed by atoms with Gasteiger partial charge in [0.25, 0.3) is 0 Å². The number of nitrogens with one attached hydrogen (secondary N) is 1. The van der Waals surface area contributed by atoms with Gasteiger partial charge in [-0.2, -0.15) is 11.8 Å². The molecule has 0 aromatic rings. The zero-order chi connectivity index (χ0) is 9.80. The number of morpholine rings is 1. The van der Waals surface area contributed by atoms with E-state index in [1.165, 1.54) is 18.1 Å². The number of hydrogen-bond donors (Lipinski definition) is 1. The lowest BCUT2D eigenvalue weighted by Crippen LogP contribution is -2.52. The Kier molecular flexibility index (Phi) is 4.10. The van der Waals surface area contributed by atoms with Crippen LogP contribution in [-0.2, 0) is 4.74 Å². The minimum atomic E-state index is 0.550. The molecule has 2 unspecified atom stereocenters. The first-order valence-electron chi connectivity index (χ1n) is 5.49. The van der Waals surface area contributed by atoms with Crippen molar-refractivity contribution in [1.82, 2.24) is 10.2 Å². The molecule has 0 bridgehead atoms. The van der Waals surface area contributed by atoms with E-state index in [0.717, 1.165) is 32.3 Å². The Bertz CT molecular complexity index is 174. The van der Waals surface area contributed by atoms with Gasteiger partial charge in [0.1, 0.15) is 0 Å². The van der Waals surface area contributed by atoms with Crippen LogP contribution in [0.4, 0.5) is 0 Å². The first kappa shape index (κ1) is 10.7. The largest absolute Gasteiger partial charge is 0.378 e. The molecule has 2 aliphatic heterocycles. The molecule has 2 fully saturated rings. The number of nitrogens with zero attached hydrogens (tertiary/aromatic N) is 1. The third-order valence-electron chi connectivity index (χ3n) is 2.96. The third-order valence-corrected chi connectivity index (χ3v) is 4.15. The summed E-state index contributed by atoms with van der Waals surface area (Å²) < 4.78 is 5.46. The van der Waals surface area contributed by atoms with Crippen molar-refractivity contribution in [3.63, 3.8) is 0 Å². The van der Waals surface area contributed by atoms with Gasteiger partial charge in [0.15, 0.2) is 0 Å². The molecule has 0 spiro atoms. The van der Waals surface area contributed by atoms with Gasteiger partial charge in [-0.25, -0.2) is 0 Å². The van der Waals surface area contributed by atoms with Crippen LogP contribution in [0.2, 0.25) is 0 Å². The average Bonchev–Trinajstić information content (AvgIpc) is 2.23. The lowest BCUT2D eigenvalue weighted by molar-refractivity contribution is 0.0578. The lowest BCUT2D eigenvalue weighted by Gasteiger charge is -2.36. The van der Waals surface area contributed by atoms with E-state index in [4.69, 9.17) is 4.74 Å².